The maximum absolute atomic E-state index is 12.6. The second-order valence-electron chi connectivity index (χ2n) is 12.1. The lowest BCUT2D eigenvalue weighted by atomic mass is 9.60. The lowest BCUT2D eigenvalue weighted by molar-refractivity contribution is -0.126. The molecule has 0 radical (unpaired) electrons. The van der Waals surface area contributed by atoms with Gasteiger partial charge >= 0.3 is 0 Å². The second kappa shape index (κ2) is 9.48. The minimum atomic E-state index is -0.825. The summed E-state index contributed by atoms with van der Waals surface area (Å²) in [6.07, 6.45) is 7.11. The number of phenolic OH excluding ortho intramolecular Hbond substituents is 5. The molecule has 3 atom stereocenters. The van der Waals surface area contributed by atoms with Gasteiger partial charge in [0, 0.05) is 17.8 Å². The van der Waals surface area contributed by atoms with Gasteiger partial charge in [-0.15, -0.1) is 0 Å². The number of aryl methyl sites for hydroxylation is 2. The van der Waals surface area contributed by atoms with Crippen LogP contribution in [0.15, 0.2) is 42.0 Å². The average Bonchev–Trinajstić information content (AvgIpc) is 3.25. The van der Waals surface area contributed by atoms with Crippen LogP contribution in [0, 0.1) is 25.2 Å². The molecule has 3 aromatic rings. The number of fused-ring (bicyclic) bond motifs is 7. The van der Waals surface area contributed by atoms with Gasteiger partial charge in [-0.1, -0.05) is 24.6 Å². The van der Waals surface area contributed by atoms with Gasteiger partial charge in [0.1, 0.15) is 34.5 Å². The fourth-order valence-electron chi connectivity index (χ4n) is 7.46. The fraction of sp³-hybridized carbons (Fsp3) is 0.324. The molecule has 8 heteroatoms. The smallest absolute Gasteiger partial charge is 0.202 e. The predicted octanol–water partition coefficient (Wildman–Crippen LogP) is 5.64. The van der Waals surface area contributed by atoms with E-state index in [0.717, 1.165) is 44.2 Å². The highest BCUT2D eigenvalue weighted by atomic mass is 16.3. The van der Waals surface area contributed by atoms with Crippen LogP contribution in [-0.4, -0.2) is 42.9 Å². The molecule has 4 aliphatic rings. The molecule has 0 aliphatic heterocycles. The molecule has 5 N–H and O–H groups in total. The molecule has 7 rings (SSSR count). The number of carbonyl (C=O) groups excluding carboxylic acids is 3. The summed E-state index contributed by atoms with van der Waals surface area (Å²) in [6, 6.07) is 8.11. The highest BCUT2D eigenvalue weighted by Gasteiger charge is 2.52. The Balaban J connectivity index is 0.000000151. The molecule has 8 nitrogen and oxygen atoms in total. The van der Waals surface area contributed by atoms with Crippen LogP contribution in [-0.2, 0) is 11.2 Å². The molecule has 0 spiro atoms. The van der Waals surface area contributed by atoms with Crippen LogP contribution in [0.4, 0.5) is 0 Å². The van der Waals surface area contributed by atoms with E-state index in [1.165, 1.54) is 30.5 Å². The monoisotopic (exact) mass is 568 g/mol. The number of ketones is 3. The molecule has 0 saturated heterocycles. The number of benzene rings is 3. The molecule has 0 amide bonds. The number of carbonyl (C=O) groups is 3. The third kappa shape index (κ3) is 3.85. The molecular weight excluding hydrogens is 536 g/mol. The number of phenols is 5. The number of rotatable bonds is 0. The van der Waals surface area contributed by atoms with Gasteiger partial charge in [-0.3, -0.25) is 14.4 Å². The summed E-state index contributed by atoms with van der Waals surface area (Å²) in [5.74, 6) is -1.69. The maximum Gasteiger partial charge on any atom is 0.202 e. The quantitative estimate of drug-likeness (QED) is 0.135. The van der Waals surface area contributed by atoms with Crippen LogP contribution < -0.4 is 0 Å². The fourth-order valence-corrected chi connectivity index (χ4v) is 7.46. The molecule has 216 valence electrons. The van der Waals surface area contributed by atoms with Crippen molar-refractivity contribution in [2.45, 2.75) is 58.8 Å². The first kappa shape index (κ1) is 27.6. The van der Waals surface area contributed by atoms with E-state index in [9.17, 15) is 39.9 Å². The molecule has 3 aromatic carbocycles. The SMILES string of the molecule is CC12CCC3C(=CCc4cc(O)ccc43)C1CCC2=O.Cc1cc(O)c2c(c1O)C(=O)c1c(O)cc(C)c(O)c1C2=O. The van der Waals surface area contributed by atoms with E-state index in [1.807, 2.05) is 6.07 Å². The van der Waals surface area contributed by atoms with E-state index in [0.29, 0.717) is 23.4 Å². The molecule has 0 aromatic heterocycles. The zero-order valence-electron chi connectivity index (χ0n) is 23.6. The van der Waals surface area contributed by atoms with Gasteiger partial charge in [0.2, 0.25) is 11.6 Å². The van der Waals surface area contributed by atoms with E-state index >= 15 is 0 Å². The Morgan fingerprint density at radius 1 is 0.762 bits per heavy atom. The third-order valence-electron chi connectivity index (χ3n) is 9.73. The Bertz CT molecular complexity index is 1690. The Morgan fingerprint density at radius 2 is 1.33 bits per heavy atom. The van der Waals surface area contributed by atoms with Crippen molar-refractivity contribution in [1.29, 1.82) is 0 Å². The summed E-state index contributed by atoms with van der Waals surface area (Å²) in [5.41, 5.74) is 2.99. The Morgan fingerprint density at radius 3 is 1.90 bits per heavy atom. The van der Waals surface area contributed by atoms with Crippen LogP contribution >= 0.6 is 0 Å². The van der Waals surface area contributed by atoms with E-state index in [-0.39, 0.29) is 38.8 Å². The third-order valence-corrected chi connectivity index (χ3v) is 9.73. The van der Waals surface area contributed by atoms with Crippen LogP contribution in [0.25, 0.3) is 0 Å². The first-order valence-electron chi connectivity index (χ1n) is 14.1. The van der Waals surface area contributed by atoms with Crippen LogP contribution in [0.1, 0.15) is 92.6 Å². The molecule has 0 heterocycles. The minimum Gasteiger partial charge on any atom is -0.508 e. The van der Waals surface area contributed by atoms with Crippen molar-refractivity contribution in [3.05, 3.63) is 86.5 Å². The number of aromatic hydroxyl groups is 5. The van der Waals surface area contributed by atoms with Crippen molar-refractivity contribution in [3.8, 4) is 28.7 Å². The summed E-state index contributed by atoms with van der Waals surface area (Å²) >= 11 is 0. The van der Waals surface area contributed by atoms with Crippen molar-refractivity contribution in [2.24, 2.45) is 11.3 Å². The number of allylic oxidation sites excluding steroid dienone is 2. The van der Waals surface area contributed by atoms with Crippen LogP contribution in [0.5, 0.6) is 28.7 Å². The lowest BCUT2D eigenvalue weighted by Crippen LogP contribution is -2.37. The Labute approximate surface area is 242 Å². The second-order valence-corrected chi connectivity index (χ2v) is 12.1. The van der Waals surface area contributed by atoms with Gasteiger partial charge in [0.05, 0.1) is 22.3 Å². The summed E-state index contributed by atoms with van der Waals surface area (Å²) < 4.78 is 0. The van der Waals surface area contributed by atoms with Crippen LogP contribution in [0.2, 0.25) is 0 Å². The van der Waals surface area contributed by atoms with E-state index < -0.39 is 34.6 Å². The molecule has 4 aliphatic carbocycles. The van der Waals surface area contributed by atoms with Gasteiger partial charge in [-0.2, -0.15) is 0 Å². The zero-order chi connectivity index (χ0) is 30.2. The lowest BCUT2D eigenvalue weighted by Gasteiger charge is -2.43. The molecule has 3 unspecified atom stereocenters. The van der Waals surface area contributed by atoms with Crippen LogP contribution in [0.3, 0.4) is 0 Å². The summed E-state index contributed by atoms with van der Waals surface area (Å²) in [7, 11) is 0. The molecular formula is C34H32O8. The number of Topliss-reactive ketones (excluding diaryl/α,β-unsaturated/α-hetero) is 1. The van der Waals surface area contributed by atoms with Gasteiger partial charge in [0.25, 0.3) is 0 Å². The summed E-state index contributed by atoms with van der Waals surface area (Å²) in [4.78, 5) is 37.4. The molecule has 2 fully saturated rings. The molecule has 2 saturated carbocycles. The minimum absolute atomic E-state index is 0.100. The zero-order valence-corrected chi connectivity index (χ0v) is 23.6. The van der Waals surface area contributed by atoms with Crippen molar-refractivity contribution in [3.63, 3.8) is 0 Å². The average molecular weight is 569 g/mol. The molecule has 42 heavy (non-hydrogen) atoms. The first-order valence-corrected chi connectivity index (χ1v) is 14.1. The normalized spacial score (nSPS) is 23.5. The predicted molar refractivity (Wildman–Crippen MR) is 154 cm³/mol. The van der Waals surface area contributed by atoms with Crippen molar-refractivity contribution >= 4 is 17.3 Å². The van der Waals surface area contributed by atoms with E-state index in [1.54, 1.807) is 6.07 Å². The van der Waals surface area contributed by atoms with E-state index in [2.05, 4.69) is 19.1 Å². The van der Waals surface area contributed by atoms with Gasteiger partial charge in [-0.05, 0) is 92.0 Å². The van der Waals surface area contributed by atoms with Gasteiger partial charge in [-0.25, -0.2) is 0 Å². The molecule has 0 bridgehead atoms. The van der Waals surface area contributed by atoms with Gasteiger partial charge in [0.15, 0.2) is 0 Å². The maximum atomic E-state index is 12.6. The van der Waals surface area contributed by atoms with Crippen molar-refractivity contribution in [1.82, 2.24) is 0 Å². The highest BCUT2D eigenvalue weighted by Crippen LogP contribution is 2.58. The van der Waals surface area contributed by atoms with E-state index in [4.69, 9.17) is 0 Å². The summed E-state index contributed by atoms with van der Waals surface area (Å²) in [5, 5.41) is 49.7. The highest BCUT2D eigenvalue weighted by molar-refractivity contribution is 6.32. The number of hydrogen-bond donors (Lipinski definition) is 5. The summed E-state index contributed by atoms with van der Waals surface area (Å²) in [6.45, 7) is 5.11. The Hall–Kier alpha value is -4.59. The Kier molecular flexibility index (Phi) is 6.22. The van der Waals surface area contributed by atoms with Crippen molar-refractivity contribution in [2.75, 3.05) is 0 Å². The number of hydrogen-bond acceptors (Lipinski definition) is 8. The van der Waals surface area contributed by atoms with Gasteiger partial charge < -0.3 is 25.5 Å². The largest absolute Gasteiger partial charge is 0.508 e. The topological polar surface area (TPSA) is 152 Å². The van der Waals surface area contributed by atoms with Crippen molar-refractivity contribution < 1.29 is 39.9 Å². The standard InChI is InChI=1S/C18H20O2.C16H12O6/c1-18-9-8-14-13-5-3-12(19)10-11(13)2-4-15(14)16(18)6-7-17(18)20;1-5-3-7(17)9-11(13(5)19)15(21)10-8(18)4-6(2)14(20)12(10)16(9)22/h3-5,10,14,16,19H,2,6-9H2,1H3;3-4,17-20H,1-2H3. The first-order chi connectivity index (χ1) is 19.8.